The van der Waals surface area contributed by atoms with Gasteiger partial charge in [0.05, 0.1) is 0 Å². The SMILES string of the molecule is CC1=CC2CCC(c3ccc(OC(F)(F)F)cc3)CC2N1C. The highest BCUT2D eigenvalue weighted by Gasteiger charge is 2.36. The Morgan fingerprint density at radius 3 is 2.45 bits per heavy atom. The Bertz CT molecular complexity index is 564. The lowest BCUT2D eigenvalue weighted by Crippen LogP contribution is -2.35. The second-order valence-corrected chi connectivity index (χ2v) is 6.28. The second-order valence-electron chi connectivity index (χ2n) is 6.28. The minimum atomic E-state index is -4.63. The van der Waals surface area contributed by atoms with Crippen molar-refractivity contribution in [3.05, 3.63) is 41.6 Å². The molecule has 22 heavy (non-hydrogen) atoms. The van der Waals surface area contributed by atoms with Crippen LogP contribution in [0.2, 0.25) is 0 Å². The summed E-state index contributed by atoms with van der Waals surface area (Å²) in [6.45, 7) is 2.14. The quantitative estimate of drug-likeness (QED) is 0.786. The number of ether oxygens (including phenoxy) is 1. The number of hydrogen-bond acceptors (Lipinski definition) is 2. The van der Waals surface area contributed by atoms with Crippen molar-refractivity contribution in [2.75, 3.05) is 7.05 Å². The minimum Gasteiger partial charge on any atom is -0.406 e. The van der Waals surface area contributed by atoms with Gasteiger partial charge in [0.15, 0.2) is 0 Å². The number of hydrogen-bond donors (Lipinski definition) is 0. The summed E-state index contributed by atoms with van der Waals surface area (Å²) in [5.74, 6) is 0.873. The van der Waals surface area contributed by atoms with Gasteiger partial charge in [0, 0.05) is 18.8 Å². The number of rotatable bonds is 2. The monoisotopic (exact) mass is 311 g/mol. The van der Waals surface area contributed by atoms with Gasteiger partial charge in [0.2, 0.25) is 0 Å². The van der Waals surface area contributed by atoms with Crippen LogP contribution in [-0.2, 0) is 0 Å². The molecule has 1 aliphatic carbocycles. The molecule has 0 amide bonds. The van der Waals surface area contributed by atoms with Crippen LogP contribution in [0.3, 0.4) is 0 Å². The molecule has 1 heterocycles. The van der Waals surface area contributed by atoms with Crippen LogP contribution in [0.4, 0.5) is 13.2 Å². The summed E-state index contributed by atoms with van der Waals surface area (Å²) in [5.41, 5.74) is 2.43. The highest BCUT2D eigenvalue weighted by atomic mass is 19.4. The summed E-state index contributed by atoms with van der Waals surface area (Å²) in [6.07, 6.45) is 0.987. The summed E-state index contributed by atoms with van der Waals surface area (Å²) < 4.78 is 40.5. The van der Waals surface area contributed by atoms with Crippen LogP contribution in [-0.4, -0.2) is 24.4 Å². The lowest BCUT2D eigenvalue weighted by molar-refractivity contribution is -0.274. The number of halogens is 3. The van der Waals surface area contributed by atoms with E-state index in [-0.39, 0.29) is 5.75 Å². The molecule has 0 spiro atoms. The Kier molecular flexibility index (Phi) is 3.83. The van der Waals surface area contributed by atoms with Crippen LogP contribution in [0, 0.1) is 5.92 Å². The molecule has 0 radical (unpaired) electrons. The third kappa shape index (κ3) is 3.08. The Morgan fingerprint density at radius 1 is 1.14 bits per heavy atom. The fourth-order valence-corrected chi connectivity index (χ4v) is 3.74. The summed E-state index contributed by atoms with van der Waals surface area (Å²) in [6, 6.07) is 6.88. The van der Waals surface area contributed by atoms with Gasteiger partial charge in [-0.1, -0.05) is 18.2 Å². The number of alkyl halides is 3. The average molecular weight is 311 g/mol. The molecule has 120 valence electrons. The van der Waals surface area contributed by atoms with Gasteiger partial charge in [-0.2, -0.15) is 0 Å². The number of nitrogens with zero attached hydrogens (tertiary/aromatic N) is 1. The molecular formula is C17H20F3NO. The third-order valence-electron chi connectivity index (χ3n) is 4.96. The van der Waals surface area contributed by atoms with Gasteiger partial charge in [0.1, 0.15) is 5.75 Å². The third-order valence-corrected chi connectivity index (χ3v) is 4.96. The fourth-order valence-electron chi connectivity index (χ4n) is 3.74. The number of benzene rings is 1. The number of allylic oxidation sites excluding steroid dienone is 1. The maximum Gasteiger partial charge on any atom is 0.573 e. The maximum absolute atomic E-state index is 12.2. The normalized spacial score (nSPS) is 28.3. The van der Waals surface area contributed by atoms with Crippen LogP contribution >= 0.6 is 0 Å². The number of fused-ring (bicyclic) bond motifs is 1. The molecule has 1 aromatic carbocycles. The van der Waals surface area contributed by atoms with Gasteiger partial charge in [-0.15, -0.1) is 13.2 Å². The standard InChI is InChI=1S/C17H20F3NO/c1-11-9-14-4-3-13(10-16(14)21(11)2)12-5-7-15(8-6-12)22-17(18,19)20/h5-9,13-14,16H,3-4,10H2,1-2H3. The topological polar surface area (TPSA) is 12.5 Å². The van der Waals surface area contributed by atoms with Crippen LogP contribution in [0.15, 0.2) is 36.0 Å². The molecule has 0 bridgehead atoms. The maximum atomic E-state index is 12.2. The van der Waals surface area contributed by atoms with Crippen molar-refractivity contribution in [2.24, 2.45) is 5.92 Å². The van der Waals surface area contributed by atoms with Gasteiger partial charge < -0.3 is 9.64 Å². The van der Waals surface area contributed by atoms with E-state index in [1.165, 1.54) is 17.8 Å². The lowest BCUT2D eigenvalue weighted by atomic mass is 9.76. The van der Waals surface area contributed by atoms with Crippen LogP contribution in [0.1, 0.15) is 37.7 Å². The molecule has 3 rings (SSSR count). The van der Waals surface area contributed by atoms with E-state index in [0.717, 1.165) is 24.8 Å². The zero-order valence-electron chi connectivity index (χ0n) is 12.7. The predicted molar refractivity (Wildman–Crippen MR) is 78.5 cm³/mol. The minimum absolute atomic E-state index is 0.152. The van der Waals surface area contributed by atoms with Gasteiger partial charge in [-0.3, -0.25) is 0 Å². The van der Waals surface area contributed by atoms with E-state index >= 15 is 0 Å². The Labute approximate surface area is 128 Å². The highest BCUT2D eigenvalue weighted by molar-refractivity contribution is 5.31. The molecule has 1 aliphatic heterocycles. The van der Waals surface area contributed by atoms with E-state index in [9.17, 15) is 13.2 Å². The second kappa shape index (κ2) is 5.52. The van der Waals surface area contributed by atoms with Crippen LogP contribution in [0.25, 0.3) is 0 Å². The van der Waals surface area contributed by atoms with E-state index in [4.69, 9.17) is 0 Å². The molecule has 1 aromatic rings. The van der Waals surface area contributed by atoms with E-state index in [1.54, 1.807) is 12.1 Å². The van der Waals surface area contributed by atoms with Gasteiger partial charge in [-0.05, 0) is 55.7 Å². The predicted octanol–water partition coefficient (Wildman–Crippen LogP) is 4.69. The first-order chi connectivity index (χ1) is 10.3. The van der Waals surface area contributed by atoms with E-state index < -0.39 is 6.36 Å². The van der Waals surface area contributed by atoms with Crippen molar-refractivity contribution in [3.8, 4) is 5.75 Å². The summed E-state index contributed by atoms with van der Waals surface area (Å²) in [7, 11) is 2.12. The van der Waals surface area contributed by atoms with Crippen LogP contribution in [0.5, 0.6) is 5.75 Å². The largest absolute Gasteiger partial charge is 0.573 e. The zero-order valence-corrected chi connectivity index (χ0v) is 12.7. The van der Waals surface area contributed by atoms with Gasteiger partial charge in [-0.25, -0.2) is 0 Å². The molecule has 2 nitrogen and oxygen atoms in total. The van der Waals surface area contributed by atoms with Crippen molar-refractivity contribution in [1.82, 2.24) is 4.90 Å². The molecule has 1 fully saturated rings. The summed E-state index contributed by atoms with van der Waals surface area (Å²) in [4.78, 5) is 2.33. The lowest BCUT2D eigenvalue weighted by Gasteiger charge is -2.36. The highest BCUT2D eigenvalue weighted by Crippen LogP contribution is 2.43. The van der Waals surface area contributed by atoms with Crippen molar-refractivity contribution in [2.45, 2.75) is 44.5 Å². The van der Waals surface area contributed by atoms with Gasteiger partial charge in [0.25, 0.3) is 0 Å². The van der Waals surface area contributed by atoms with E-state index in [1.807, 2.05) is 0 Å². The molecule has 0 saturated heterocycles. The molecule has 0 N–H and O–H groups in total. The first-order valence-electron chi connectivity index (χ1n) is 7.60. The zero-order chi connectivity index (χ0) is 15.9. The van der Waals surface area contributed by atoms with Gasteiger partial charge >= 0.3 is 6.36 Å². The van der Waals surface area contributed by atoms with Crippen molar-refractivity contribution < 1.29 is 17.9 Å². The van der Waals surface area contributed by atoms with Crippen LogP contribution < -0.4 is 4.74 Å². The Hall–Kier alpha value is -1.65. The van der Waals surface area contributed by atoms with E-state index in [2.05, 4.69) is 29.7 Å². The average Bonchev–Trinajstić information content (AvgIpc) is 2.73. The van der Waals surface area contributed by atoms with Crippen molar-refractivity contribution in [3.63, 3.8) is 0 Å². The molecule has 1 saturated carbocycles. The van der Waals surface area contributed by atoms with Crippen molar-refractivity contribution >= 4 is 0 Å². The Morgan fingerprint density at radius 2 is 1.82 bits per heavy atom. The first kappa shape index (κ1) is 15.3. The smallest absolute Gasteiger partial charge is 0.406 e. The molecule has 0 aromatic heterocycles. The van der Waals surface area contributed by atoms with Crippen molar-refractivity contribution in [1.29, 1.82) is 0 Å². The molecule has 5 heteroatoms. The first-order valence-corrected chi connectivity index (χ1v) is 7.60. The molecule has 3 unspecified atom stereocenters. The molecular weight excluding hydrogens is 291 g/mol. The summed E-state index contributed by atoms with van der Waals surface area (Å²) >= 11 is 0. The summed E-state index contributed by atoms with van der Waals surface area (Å²) in [5, 5.41) is 0. The fraction of sp³-hybridized carbons (Fsp3) is 0.529. The molecule has 3 atom stereocenters. The molecule has 2 aliphatic rings. The van der Waals surface area contributed by atoms with E-state index in [0.29, 0.717) is 17.9 Å². The Balaban J connectivity index is 1.68.